The first-order chi connectivity index (χ1) is 15.5. The Kier molecular flexibility index (Phi) is 7.33. The Labute approximate surface area is 196 Å². The van der Waals surface area contributed by atoms with E-state index in [9.17, 15) is 9.59 Å². The molecule has 2 aromatic heterocycles. The lowest BCUT2D eigenvalue weighted by Gasteiger charge is -2.17. The summed E-state index contributed by atoms with van der Waals surface area (Å²) >= 11 is 2.87. The average Bonchev–Trinajstić information content (AvgIpc) is 3.42. The minimum Gasteiger partial charge on any atom is -0.376 e. The monoisotopic (exact) mass is 471 g/mol. The van der Waals surface area contributed by atoms with Crippen molar-refractivity contribution in [3.63, 3.8) is 0 Å². The molecule has 0 bridgehead atoms. The summed E-state index contributed by atoms with van der Waals surface area (Å²) in [5.41, 5.74) is 2.11. The SMILES string of the molecule is CCc1c(C)sc2nc(SCC(=O)NC(C)c3ccccc3)n(CC3CCCO3)c(=O)c12. The first kappa shape index (κ1) is 23.0. The Morgan fingerprint density at radius 3 is 2.84 bits per heavy atom. The molecule has 32 heavy (non-hydrogen) atoms. The number of benzene rings is 1. The molecular weight excluding hydrogens is 442 g/mol. The number of aryl methyl sites for hydroxylation is 2. The van der Waals surface area contributed by atoms with Crippen LogP contribution in [0.15, 0.2) is 40.3 Å². The highest BCUT2D eigenvalue weighted by Gasteiger charge is 2.23. The fourth-order valence-corrected chi connectivity index (χ4v) is 6.13. The van der Waals surface area contributed by atoms with E-state index in [1.165, 1.54) is 11.8 Å². The molecule has 0 saturated carbocycles. The average molecular weight is 472 g/mol. The fourth-order valence-electron chi connectivity index (χ4n) is 4.16. The maximum Gasteiger partial charge on any atom is 0.263 e. The summed E-state index contributed by atoms with van der Waals surface area (Å²) < 4.78 is 7.52. The summed E-state index contributed by atoms with van der Waals surface area (Å²) in [4.78, 5) is 32.9. The van der Waals surface area contributed by atoms with Gasteiger partial charge in [-0.05, 0) is 44.2 Å². The van der Waals surface area contributed by atoms with Gasteiger partial charge < -0.3 is 10.1 Å². The highest BCUT2D eigenvalue weighted by atomic mass is 32.2. The summed E-state index contributed by atoms with van der Waals surface area (Å²) in [5.74, 6) is 0.118. The minimum atomic E-state index is -0.0825. The molecule has 2 unspecified atom stereocenters. The largest absolute Gasteiger partial charge is 0.376 e. The van der Waals surface area contributed by atoms with Crippen LogP contribution < -0.4 is 10.9 Å². The molecule has 4 rings (SSSR count). The van der Waals surface area contributed by atoms with Crippen LogP contribution >= 0.6 is 23.1 Å². The summed E-state index contributed by atoms with van der Waals surface area (Å²) in [6.45, 7) is 7.29. The van der Waals surface area contributed by atoms with E-state index >= 15 is 0 Å². The zero-order valence-corrected chi connectivity index (χ0v) is 20.4. The molecule has 1 saturated heterocycles. The fraction of sp³-hybridized carbons (Fsp3) is 0.458. The molecular formula is C24H29N3O3S2. The van der Waals surface area contributed by atoms with Gasteiger partial charge in [-0.2, -0.15) is 0 Å². The Hall–Kier alpha value is -2.16. The second kappa shape index (κ2) is 10.2. The van der Waals surface area contributed by atoms with Crippen LogP contribution in [0, 0.1) is 6.92 Å². The lowest BCUT2D eigenvalue weighted by molar-refractivity contribution is -0.119. The predicted molar refractivity (Wildman–Crippen MR) is 131 cm³/mol. The van der Waals surface area contributed by atoms with Gasteiger partial charge in [0.1, 0.15) is 4.83 Å². The molecule has 6 nitrogen and oxygen atoms in total. The molecule has 1 aromatic carbocycles. The summed E-state index contributed by atoms with van der Waals surface area (Å²) in [6.07, 6.45) is 2.76. The van der Waals surface area contributed by atoms with E-state index in [-0.39, 0.29) is 29.4 Å². The maximum absolute atomic E-state index is 13.5. The summed E-state index contributed by atoms with van der Waals surface area (Å²) in [5, 5.41) is 4.35. The van der Waals surface area contributed by atoms with Gasteiger partial charge in [-0.1, -0.05) is 49.0 Å². The van der Waals surface area contributed by atoms with E-state index in [4.69, 9.17) is 9.72 Å². The number of carbonyl (C=O) groups is 1. The van der Waals surface area contributed by atoms with Crippen LogP contribution in [-0.4, -0.2) is 33.9 Å². The second-order valence-electron chi connectivity index (χ2n) is 8.10. The molecule has 0 aliphatic carbocycles. The van der Waals surface area contributed by atoms with Gasteiger partial charge in [0.25, 0.3) is 5.56 Å². The second-order valence-corrected chi connectivity index (χ2v) is 10.2. The Balaban J connectivity index is 1.57. The van der Waals surface area contributed by atoms with Gasteiger partial charge in [0, 0.05) is 11.5 Å². The van der Waals surface area contributed by atoms with Crippen LogP contribution in [0.4, 0.5) is 0 Å². The van der Waals surface area contributed by atoms with Crippen molar-refractivity contribution in [3.8, 4) is 0 Å². The van der Waals surface area contributed by atoms with Crippen molar-refractivity contribution in [2.45, 2.75) is 63.9 Å². The van der Waals surface area contributed by atoms with Crippen molar-refractivity contribution in [1.29, 1.82) is 0 Å². The van der Waals surface area contributed by atoms with Gasteiger partial charge in [0.15, 0.2) is 5.16 Å². The number of carbonyl (C=O) groups excluding carboxylic acids is 1. The van der Waals surface area contributed by atoms with Gasteiger partial charge in [0.05, 0.1) is 29.8 Å². The highest BCUT2D eigenvalue weighted by molar-refractivity contribution is 7.99. The predicted octanol–water partition coefficient (Wildman–Crippen LogP) is 4.48. The Morgan fingerprint density at radius 2 is 2.16 bits per heavy atom. The number of hydrogen-bond acceptors (Lipinski definition) is 6. The quantitative estimate of drug-likeness (QED) is 0.387. The molecule has 170 valence electrons. The summed E-state index contributed by atoms with van der Waals surface area (Å²) in [7, 11) is 0. The molecule has 3 heterocycles. The number of ether oxygens (including phenoxy) is 1. The van der Waals surface area contributed by atoms with E-state index < -0.39 is 0 Å². The first-order valence-corrected chi connectivity index (χ1v) is 12.9. The van der Waals surface area contributed by atoms with Crippen LogP contribution in [0.5, 0.6) is 0 Å². The van der Waals surface area contributed by atoms with Crippen molar-refractivity contribution in [2.24, 2.45) is 0 Å². The van der Waals surface area contributed by atoms with Crippen LogP contribution in [0.1, 0.15) is 48.7 Å². The number of thiophene rings is 1. The zero-order chi connectivity index (χ0) is 22.7. The molecule has 0 radical (unpaired) electrons. The molecule has 1 aliphatic rings. The van der Waals surface area contributed by atoms with Gasteiger partial charge >= 0.3 is 0 Å². The van der Waals surface area contributed by atoms with Crippen LogP contribution in [0.25, 0.3) is 10.2 Å². The van der Waals surface area contributed by atoms with Crippen molar-refractivity contribution in [1.82, 2.24) is 14.9 Å². The molecule has 0 spiro atoms. The van der Waals surface area contributed by atoms with Crippen molar-refractivity contribution < 1.29 is 9.53 Å². The number of aromatic nitrogens is 2. The Morgan fingerprint density at radius 1 is 1.38 bits per heavy atom. The molecule has 1 amide bonds. The lowest BCUT2D eigenvalue weighted by Crippen LogP contribution is -2.30. The molecule has 8 heteroatoms. The van der Waals surface area contributed by atoms with Gasteiger partial charge in [0.2, 0.25) is 5.91 Å². The molecule has 1 N–H and O–H groups in total. The third-order valence-corrected chi connectivity index (χ3v) is 7.87. The van der Waals surface area contributed by atoms with E-state index in [1.54, 1.807) is 15.9 Å². The smallest absolute Gasteiger partial charge is 0.263 e. The number of hydrogen-bond donors (Lipinski definition) is 1. The zero-order valence-electron chi connectivity index (χ0n) is 18.7. The van der Waals surface area contributed by atoms with Crippen molar-refractivity contribution in [3.05, 3.63) is 56.7 Å². The molecule has 1 aliphatic heterocycles. The van der Waals surface area contributed by atoms with E-state index in [0.29, 0.717) is 11.7 Å². The number of amides is 1. The normalized spacial score (nSPS) is 17.0. The van der Waals surface area contributed by atoms with Crippen LogP contribution in [0.2, 0.25) is 0 Å². The van der Waals surface area contributed by atoms with Crippen molar-refractivity contribution in [2.75, 3.05) is 12.4 Å². The minimum absolute atomic E-state index is 0.0167. The standard InChI is InChI=1S/C24H29N3O3S2/c1-4-19-16(3)32-22-21(19)23(29)27(13-18-11-8-12-30-18)24(26-22)31-14-20(28)25-15(2)17-9-6-5-7-10-17/h5-7,9-10,15,18H,4,8,11-14H2,1-3H3,(H,25,28). The molecule has 1 fully saturated rings. The number of thioether (sulfide) groups is 1. The number of fused-ring (bicyclic) bond motifs is 1. The third-order valence-electron chi connectivity index (χ3n) is 5.85. The van der Waals surface area contributed by atoms with Crippen molar-refractivity contribution >= 4 is 39.2 Å². The van der Waals surface area contributed by atoms with Crippen LogP contribution in [-0.2, 0) is 22.5 Å². The van der Waals surface area contributed by atoms with E-state index in [0.717, 1.165) is 52.1 Å². The topological polar surface area (TPSA) is 73.2 Å². The molecule has 2 atom stereocenters. The maximum atomic E-state index is 13.5. The summed E-state index contributed by atoms with van der Waals surface area (Å²) in [6, 6.07) is 9.79. The number of rotatable bonds is 8. The first-order valence-electron chi connectivity index (χ1n) is 11.1. The number of nitrogens with one attached hydrogen (secondary N) is 1. The Bertz CT molecular complexity index is 1150. The van der Waals surface area contributed by atoms with Gasteiger partial charge in [-0.3, -0.25) is 14.2 Å². The van der Waals surface area contributed by atoms with Gasteiger partial charge in [-0.25, -0.2) is 4.98 Å². The van der Waals surface area contributed by atoms with Crippen LogP contribution in [0.3, 0.4) is 0 Å². The van der Waals surface area contributed by atoms with E-state index in [1.807, 2.05) is 44.2 Å². The molecule has 3 aromatic rings. The van der Waals surface area contributed by atoms with E-state index in [2.05, 4.69) is 12.2 Å². The van der Waals surface area contributed by atoms with Gasteiger partial charge in [-0.15, -0.1) is 11.3 Å². The third kappa shape index (κ3) is 4.92. The highest BCUT2D eigenvalue weighted by Crippen LogP contribution is 2.30. The lowest BCUT2D eigenvalue weighted by atomic mass is 10.1. The number of nitrogens with zero attached hydrogens (tertiary/aromatic N) is 2.